The number of para-hydroxylation sites is 2. The Morgan fingerprint density at radius 3 is 2.74 bits per heavy atom. The van der Waals surface area contributed by atoms with E-state index in [0.29, 0.717) is 25.5 Å². The molecule has 7 heteroatoms. The Bertz CT molecular complexity index is 1360. The molecule has 0 bridgehead atoms. The molecule has 1 amide bonds. The Labute approximate surface area is 209 Å². The van der Waals surface area contributed by atoms with Crippen LogP contribution in [-0.2, 0) is 17.8 Å². The van der Waals surface area contributed by atoms with Gasteiger partial charge in [0.25, 0.3) is 5.56 Å². The van der Waals surface area contributed by atoms with Crippen molar-refractivity contribution in [2.24, 2.45) is 5.92 Å². The third kappa shape index (κ3) is 5.30. The van der Waals surface area contributed by atoms with Gasteiger partial charge in [0.05, 0.1) is 23.5 Å². The zero-order chi connectivity index (χ0) is 24.2. The number of anilines is 1. The minimum atomic E-state index is -0.148. The fourth-order valence-corrected chi connectivity index (χ4v) is 5.42. The molecule has 0 unspecified atom stereocenters. The number of carbonyl (C=O) groups is 1. The lowest BCUT2D eigenvalue weighted by Gasteiger charge is -2.32. The second-order valence-electron chi connectivity index (χ2n) is 9.21. The van der Waals surface area contributed by atoms with Crippen LogP contribution < -0.4 is 15.8 Å². The van der Waals surface area contributed by atoms with Crippen molar-refractivity contribution in [3.8, 4) is 0 Å². The average Bonchev–Trinajstić information content (AvgIpc) is 3.40. The molecule has 4 aromatic rings. The number of piperidine rings is 1. The van der Waals surface area contributed by atoms with Crippen molar-refractivity contribution in [3.05, 3.63) is 92.4 Å². The Balaban J connectivity index is 1.37. The first-order valence-electron chi connectivity index (χ1n) is 12.2. The zero-order valence-electron chi connectivity index (χ0n) is 19.9. The number of nitrogens with one attached hydrogen (secondary N) is 1. The summed E-state index contributed by atoms with van der Waals surface area (Å²) < 4.78 is 1.81. The number of hydrogen-bond acceptors (Lipinski definition) is 5. The summed E-state index contributed by atoms with van der Waals surface area (Å²) in [6, 6.07) is 20.2. The highest BCUT2D eigenvalue weighted by atomic mass is 32.1. The molecule has 1 N–H and O–H groups in total. The number of benzene rings is 2. The second kappa shape index (κ2) is 10.4. The van der Waals surface area contributed by atoms with Gasteiger partial charge < -0.3 is 10.2 Å². The predicted molar refractivity (Wildman–Crippen MR) is 142 cm³/mol. The van der Waals surface area contributed by atoms with E-state index in [1.54, 1.807) is 11.3 Å². The molecule has 2 aromatic carbocycles. The van der Waals surface area contributed by atoms with E-state index < -0.39 is 0 Å². The maximum atomic E-state index is 13.7. The maximum Gasteiger partial charge on any atom is 0.294 e. The van der Waals surface area contributed by atoms with Crippen LogP contribution >= 0.6 is 11.3 Å². The monoisotopic (exact) mass is 486 g/mol. The summed E-state index contributed by atoms with van der Waals surface area (Å²) in [5.41, 5.74) is 3.76. The van der Waals surface area contributed by atoms with Crippen LogP contribution in [-0.4, -0.2) is 35.1 Å². The van der Waals surface area contributed by atoms with Crippen molar-refractivity contribution in [1.29, 1.82) is 0 Å². The third-order valence-corrected chi connectivity index (χ3v) is 7.58. The van der Waals surface area contributed by atoms with Crippen LogP contribution in [0, 0.1) is 12.8 Å². The summed E-state index contributed by atoms with van der Waals surface area (Å²) in [5.74, 6) is 0.351. The number of fused-ring (bicyclic) bond motifs is 1. The third-order valence-electron chi connectivity index (χ3n) is 6.64. The first kappa shape index (κ1) is 23.3. The number of hydrogen-bond donors (Lipinski definition) is 1. The van der Waals surface area contributed by atoms with Crippen molar-refractivity contribution >= 4 is 34.1 Å². The zero-order valence-corrected chi connectivity index (χ0v) is 20.8. The van der Waals surface area contributed by atoms with E-state index in [4.69, 9.17) is 4.98 Å². The molecule has 1 saturated heterocycles. The van der Waals surface area contributed by atoms with E-state index in [1.165, 1.54) is 10.4 Å². The number of aromatic nitrogens is 2. The normalized spacial score (nSPS) is 15.9. The molecule has 3 heterocycles. The average molecular weight is 487 g/mol. The molecule has 180 valence electrons. The topological polar surface area (TPSA) is 67.2 Å². The van der Waals surface area contributed by atoms with Crippen LogP contribution in [0.25, 0.3) is 11.0 Å². The molecule has 1 atom stereocenters. The maximum absolute atomic E-state index is 13.7. The smallest absolute Gasteiger partial charge is 0.294 e. The number of rotatable bonds is 7. The Kier molecular flexibility index (Phi) is 6.95. The lowest BCUT2D eigenvalue weighted by Crippen LogP contribution is -2.46. The number of thiophene rings is 1. The van der Waals surface area contributed by atoms with Gasteiger partial charge in [-0.15, -0.1) is 11.3 Å². The quantitative estimate of drug-likeness (QED) is 0.421. The van der Waals surface area contributed by atoms with Gasteiger partial charge in [0.15, 0.2) is 5.82 Å². The van der Waals surface area contributed by atoms with Crippen LogP contribution in [0.3, 0.4) is 0 Å². The molecule has 2 aromatic heterocycles. The Hall–Kier alpha value is -3.45. The van der Waals surface area contributed by atoms with E-state index >= 15 is 0 Å². The highest BCUT2D eigenvalue weighted by Gasteiger charge is 2.28. The Morgan fingerprint density at radius 2 is 1.94 bits per heavy atom. The van der Waals surface area contributed by atoms with Gasteiger partial charge in [-0.25, -0.2) is 4.98 Å². The molecule has 6 nitrogen and oxygen atoms in total. The second-order valence-corrected chi connectivity index (χ2v) is 10.2. The van der Waals surface area contributed by atoms with Gasteiger partial charge in [-0.2, -0.15) is 0 Å². The summed E-state index contributed by atoms with van der Waals surface area (Å²) in [6.07, 6.45) is 2.52. The van der Waals surface area contributed by atoms with E-state index in [2.05, 4.69) is 48.0 Å². The highest BCUT2D eigenvalue weighted by Crippen LogP contribution is 2.22. The van der Waals surface area contributed by atoms with Crippen molar-refractivity contribution in [3.63, 3.8) is 0 Å². The van der Waals surface area contributed by atoms with Gasteiger partial charge >= 0.3 is 0 Å². The van der Waals surface area contributed by atoms with Crippen molar-refractivity contribution in [2.45, 2.75) is 32.7 Å². The molecule has 5 rings (SSSR count). The molecule has 0 radical (unpaired) electrons. The van der Waals surface area contributed by atoms with Crippen molar-refractivity contribution in [1.82, 2.24) is 14.9 Å². The molecule has 35 heavy (non-hydrogen) atoms. The lowest BCUT2D eigenvalue weighted by molar-refractivity contribution is -0.125. The molecule has 1 aliphatic heterocycles. The van der Waals surface area contributed by atoms with E-state index in [1.807, 2.05) is 39.8 Å². The van der Waals surface area contributed by atoms with Crippen LogP contribution in [0.15, 0.2) is 70.8 Å². The number of nitrogens with zero attached hydrogens (tertiary/aromatic N) is 3. The van der Waals surface area contributed by atoms with Crippen molar-refractivity contribution in [2.75, 3.05) is 24.5 Å². The summed E-state index contributed by atoms with van der Waals surface area (Å²) in [5, 5.41) is 5.15. The van der Waals surface area contributed by atoms with Crippen LogP contribution in [0.1, 0.15) is 28.8 Å². The molecule has 0 aliphatic carbocycles. The summed E-state index contributed by atoms with van der Waals surface area (Å²) >= 11 is 1.71. The van der Waals surface area contributed by atoms with E-state index in [0.717, 1.165) is 42.4 Å². The minimum absolute atomic E-state index is 0.0621. The number of amides is 1. The van der Waals surface area contributed by atoms with Crippen LogP contribution in [0.5, 0.6) is 0 Å². The molecule has 0 saturated carbocycles. The fourth-order valence-electron chi connectivity index (χ4n) is 4.71. The SMILES string of the molecule is Cc1ccc(Cn2c(=O)c(N3CCC[C@H](C(=O)NCCc4cccs4)C3)nc3ccccc32)cc1. The summed E-state index contributed by atoms with van der Waals surface area (Å²) in [6.45, 7) is 4.41. The molecule has 1 fully saturated rings. The first-order valence-corrected chi connectivity index (χ1v) is 13.1. The fraction of sp³-hybridized carbons (Fsp3) is 0.321. The number of aryl methyl sites for hydroxylation is 1. The summed E-state index contributed by atoms with van der Waals surface area (Å²) in [4.78, 5) is 34.6. The van der Waals surface area contributed by atoms with Gasteiger partial charge in [-0.05, 0) is 55.3 Å². The molecular weight excluding hydrogens is 456 g/mol. The van der Waals surface area contributed by atoms with Crippen LogP contribution in [0.4, 0.5) is 5.82 Å². The summed E-state index contributed by atoms with van der Waals surface area (Å²) in [7, 11) is 0. The number of carbonyl (C=O) groups excluding carboxylic acids is 1. The minimum Gasteiger partial charge on any atom is -0.355 e. The predicted octanol–water partition coefficient (Wildman–Crippen LogP) is 4.39. The van der Waals surface area contributed by atoms with Gasteiger partial charge in [0, 0.05) is 24.5 Å². The molecular formula is C28H30N4O2S. The van der Waals surface area contributed by atoms with Gasteiger partial charge in [-0.3, -0.25) is 14.2 Å². The van der Waals surface area contributed by atoms with Gasteiger partial charge in [0.2, 0.25) is 5.91 Å². The molecule has 1 aliphatic rings. The van der Waals surface area contributed by atoms with Gasteiger partial charge in [0.1, 0.15) is 0 Å². The van der Waals surface area contributed by atoms with E-state index in [-0.39, 0.29) is 17.4 Å². The standard InChI is InChI=1S/C28H30N4O2S/c1-20-10-12-21(13-11-20)18-32-25-9-3-2-8-24(25)30-26(28(32)34)31-16-4-6-22(19-31)27(33)29-15-14-23-7-5-17-35-23/h2-3,5,7-13,17,22H,4,6,14-16,18-19H2,1H3,(H,29,33)/t22-/m0/s1. The van der Waals surface area contributed by atoms with Crippen molar-refractivity contribution < 1.29 is 4.79 Å². The molecule has 0 spiro atoms. The van der Waals surface area contributed by atoms with Gasteiger partial charge in [-0.1, -0.05) is 48.0 Å². The lowest BCUT2D eigenvalue weighted by atomic mass is 9.97. The largest absolute Gasteiger partial charge is 0.355 e. The highest BCUT2D eigenvalue weighted by molar-refractivity contribution is 7.09. The first-order chi connectivity index (χ1) is 17.1. The Morgan fingerprint density at radius 1 is 1.11 bits per heavy atom. The van der Waals surface area contributed by atoms with Crippen LogP contribution in [0.2, 0.25) is 0 Å². The van der Waals surface area contributed by atoms with E-state index in [9.17, 15) is 9.59 Å².